The van der Waals surface area contributed by atoms with Crippen molar-refractivity contribution in [1.82, 2.24) is 5.32 Å². The van der Waals surface area contributed by atoms with Gasteiger partial charge < -0.3 is 10.1 Å². The van der Waals surface area contributed by atoms with E-state index in [1.54, 1.807) is 0 Å². The van der Waals surface area contributed by atoms with Crippen LogP contribution in [0.4, 0.5) is 0 Å². The second kappa shape index (κ2) is 8.85. The predicted octanol–water partition coefficient (Wildman–Crippen LogP) is 2.84. The maximum atomic E-state index is 11.7. The first-order chi connectivity index (χ1) is 12.3. The number of benzene rings is 2. The standard InChI is InChI=1S/C20H25NO4S/c1-4-25-19-11-9-18(10-12-19)17-7-5-16(6-8-17)13-15(2)21-20(22)14-26(3,23)24/h5-12,15H,4,13-14H2,1-3H3,(H,21,22). The lowest BCUT2D eigenvalue weighted by Gasteiger charge is -2.14. The van der Waals surface area contributed by atoms with Gasteiger partial charge in [0.05, 0.1) is 6.61 Å². The van der Waals surface area contributed by atoms with Gasteiger partial charge >= 0.3 is 0 Å². The third-order valence-corrected chi connectivity index (χ3v) is 4.58. The lowest BCUT2D eigenvalue weighted by atomic mass is 10.0. The summed E-state index contributed by atoms with van der Waals surface area (Å²) in [6.07, 6.45) is 1.69. The Morgan fingerprint density at radius 3 is 2.08 bits per heavy atom. The Morgan fingerprint density at radius 1 is 1.04 bits per heavy atom. The number of nitrogens with one attached hydrogen (secondary N) is 1. The van der Waals surface area contributed by atoms with Gasteiger partial charge in [-0.15, -0.1) is 0 Å². The van der Waals surface area contributed by atoms with Crippen molar-refractivity contribution in [3.63, 3.8) is 0 Å². The highest BCUT2D eigenvalue weighted by Gasteiger charge is 2.13. The lowest BCUT2D eigenvalue weighted by molar-refractivity contribution is -0.119. The van der Waals surface area contributed by atoms with Gasteiger partial charge in [-0.2, -0.15) is 0 Å². The van der Waals surface area contributed by atoms with E-state index in [1.807, 2.05) is 62.4 Å². The maximum Gasteiger partial charge on any atom is 0.235 e. The molecule has 0 aromatic heterocycles. The Bertz CT molecular complexity index is 827. The van der Waals surface area contributed by atoms with E-state index >= 15 is 0 Å². The van der Waals surface area contributed by atoms with Gasteiger partial charge in [-0.25, -0.2) is 8.42 Å². The van der Waals surface area contributed by atoms with Crippen LogP contribution in [0.1, 0.15) is 19.4 Å². The summed E-state index contributed by atoms with van der Waals surface area (Å²) in [4.78, 5) is 11.7. The summed E-state index contributed by atoms with van der Waals surface area (Å²) in [5.74, 6) is -0.0915. The minimum atomic E-state index is -3.31. The third-order valence-electron chi connectivity index (χ3n) is 3.80. The first-order valence-corrected chi connectivity index (χ1v) is 10.6. The summed E-state index contributed by atoms with van der Waals surface area (Å²) in [6, 6.07) is 15.9. The van der Waals surface area contributed by atoms with Crippen LogP contribution < -0.4 is 10.1 Å². The van der Waals surface area contributed by atoms with E-state index in [0.29, 0.717) is 13.0 Å². The fourth-order valence-electron chi connectivity index (χ4n) is 2.70. The fourth-order valence-corrected chi connectivity index (χ4v) is 3.26. The number of hydrogen-bond donors (Lipinski definition) is 1. The molecule has 0 fully saturated rings. The second-order valence-corrected chi connectivity index (χ2v) is 8.54. The first-order valence-electron chi connectivity index (χ1n) is 8.56. The SMILES string of the molecule is CCOc1ccc(-c2ccc(CC(C)NC(=O)CS(C)(=O)=O)cc2)cc1. The number of ether oxygens (including phenoxy) is 1. The maximum absolute atomic E-state index is 11.7. The zero-order chi connectivity index (χ0) is 19.2. The molecule has 0 radical (unpaired) electrons. The van der Waals surface area contributed by atoms with E-state index in [4.69, 9.17) is 4.74 Å². The summed E-state index contributed by atoms with van der Waals surface area (Å²) in [6.45, 7) is 4.46. The monoisotopic (exact) mass is 375 g/mol. The Labute approximate surface area is 155 Å². The van der Waals surface area contributed by atoms with E-state index < -0.39 is 21.5 Å². The van der Waals surface area contributed by atoms with Crippen LogP contribution in [-0.4, -0.2) is 39.0 Å². The zero-order valence-corrected chi connectivity index (χ0v) is 16.2. The van der Waals surface area contributed by atoms with Gasteiger partial charge in [0, 0.05) is 12.3 Å². The molecule has 0 saturated heterocycles. The molecule has 2 aromatic rings. The molecule has 0 aliphatic heterocycles. The third kappa shape index (κ3) is 6.52. The molecule has 0 bridgehead atoms. The van der Waals surface area contributed by atoms with Gasteiger partial charge in [-0.05, 0) is 49.1 Å². The Hall–Kier alpha value is -2.34. The molecule has 2 rings (SSSR count). The molecule has 0 saturated carbocycles. The van der Waals surface area contributed by atoms with E-state index in [2.05, 4.69) is 5.32 Å². The number of carbonyl (C=O) groups excluding carboxylic acids is 1. The summed E-state index contributed by atoms with van der Waals surface area (Å²) in [5, 5.41) is 2.72. The molecule has 1 unspecified atom stereocenters. The second-order valence-electron chi connectivity index (χ2n) is 6.40. The Kier molecular flexibility index (Phi) is 6.80. The van der Waals surface area contributed by atoms with Crippen LogP contribution in [0.25, 0.3) is 11.1 Å². The van der Waals surface area contributed by atoms with Gasteiger partial charge in [0.1, 0.15) is 11.5 Å². The van der Waals surface area contributed by atoms with Crippen molar-refractivity contribution in [3.8, 4) is 16.9 Å². The molecule has 0 aliphatic rings. The van der Waals surface area contributed by atoms with Crippen LogP contribution in [-0.2, 0) is 21.1 Å². The van der Waals surface area contributed by atoms with Gasteiger partial charge in [0.2, 0.25) is 5.91 Å². The average Bonchev–Trinajstić information content (AvgIpc) is 2.54. The number of sulfone groups is 1. The minimum absolute atomic E-state index is 0.138. The van der Waals surface area contributed by atoms with Crippen LogP contribution in [0.15, 0.2) is 48.5 Å². The molecule has 1 atom stereocenters. The van der Waals surface area contributed by atoms with Crippen molar-refractivity contribution < 1.29 is 17.9 Å². The number of hydrogen-bond acceptors (Lipinski definition) is 4. The topological polar surface area (TPSA) is 72.5 Å². The van der Waals surface area contributed by atoms with E-state index in [0.717, 1.165) is 28.7 Å². The van der Waals surface area contributed by atoms with Crippen molar-refractivity contribution >= 4 is 15.7 Å². The van der Waals surface area contributed by atoms with E-state index in [1.165, 1.54) is 0 Å². The molecule has 2 aromatic carbocycles. The Morgan fingerprint density at radius 2 is 1.58 bits per heavy atom. The summed E-state index contributed by atoms with van der Waals surface area (Å²) >= 11 is 0. The average molecular weight is 375 g/mol. The number of carbonyl (C=O) groups is 1. The van der Waals surface area contributed by atoms with E-state index in [9.17, 15) is 13.2 Å². The predicted molar refractivity (Wildman–Crippen MR) is 104 cm³/mol. The molecule has 1 N–H and O–H groups in total. The highest BCUT2D eigenvalue weighted by molar-refractivity contribution is 7.91. The minimum Gasteiger partial charge on any atom is -0.494 e. The van der Waals surface area contributed by atoms with Crippen LogP contribution in [0.2, 0.25) is 0 Å². The molecular formula is C20H25NO4S. The molecular weight excluding hydrogens is 350 g/mol. The lowest BCUT2D eigenvalue weighted by Crippen LogP contribution is -2.37. The quantitative estimate of drug-likeness (QED) is 0.770. The van der Waals surface area contributed by atoms with E-state index in [-0.39, 0.29) is 6.04 Å². The van der Waals surface area contributed by atoms with Gasteiger partial charge in [0.15, 0.2) is 9.84 Å². The normalized spacial score (nSPS) is 12.4. The molecule has 140 valence electrons. The van der Waals surface area contributed by atoms with Crippen molar-refractivity contribution in [1.29, 1.82) is 0 Å². The van der Waals surface area contributed by atoms with Crippen molar-refractivity contribution in [2.24, 2.45) is 0 Å². The first kappa shape index (κ1) is 20.0. The summed E-state index contributed by atoms with van der Waals surface area (Å²) < 4.78 is 27.7. The Balaban J connectivity index is 1.95. The van der Waals surface area contributed by atoms with Crippen LogP contribution >= 0.6 is 0 Å². The molecule has 0 heterocycles. The van der Waals surface area contributed by atoms with Crippen LogP contribution in [0.5, 0.6) is 5.75 Å². The smallest absolute Gasteiger partial charge is 0.235 e. The highest BCUT2D eigenvalue weighted by atomic mass is 32.2. The van der Waals surface area contributed by atoms with Crippen molar-refractivity contribution in [3.05, 3.63) is 54.1 Å². The zero-order valence-electron chi connectivity index (χ0n) is 15.4. The van der Waals surface area contributed by atoms with Gasteiger partial charge in [0.25, 0.3) is 0 Å². The number of amides is 1. The molecule has 0 aliphatic carbocycles. The van der Waals surface area contributed by atoms with Crippen LogP contribution in [0, 0.1) is 0 Å². The molecule has 6 heteroatoms. The number of rotatable bonds is 8. The molecule has 0 spiro atoms. The fraction of sp³-hybridized carbons (Fsp3) is 0.350. The largest absolute Gasteiger partial charge is 0.494 e. The molecule has 5 nitrogen and oxygen atoms in total. The molecule has 26 heavy (non-hydrogen) atoms. The summed E-state index contributed by atoms with van der Waals surface area (Å²) in [7, 11) is -3.31. The van der Waals surface area contributed by atoms with Crippen molar-refractivity contribution in [2.45, 2.75) is 26.3 Å². The molecule has 1 amide bonds. The van der Waals surface area contributed by atoms with Crippen molar-refractivity contribution in [2.75, 3.05) is 18.6 Å². The highest BCUT2D eigenvalue weighted by Crippen LogP contribution is 2.23. The van der Waals surface area contributed by atoms with Gasteiger partial charge in [-0.3, -0.25) is 4.79 Å². The summed E-state index contributed by atoms with van der Waals surface area (Å²) in [5.41, 5.74) is 3.28. The van der Waals surface area contributed by atoms with Gasteiger partial charge in [-0.1, -0.05) is 36.4 Å². The van der Waals surface area contributed by atoms with Crippen LogP contribution in [0.3, 0.4) is 0 Å².